The number of aliphatic imine (C=N–C) groups is 1. The van der Waals surface area contributed by atoms with E-state index < -0.39 is 0 Å². The van der Waals surface area contributed by atoms with E-state index in [0.717, 1.165) is 22.6 Å². The Labute approximate surface area is 315 Å². The molecular formula is C51H35N3. The van der Waals surface area contributed by atoms with E-state index in [-0.39, 0.29) is 0 Å². The molecule has 54 heavy (non-hydrogen) atoms. The fraction of sp³-hybridized carbons (Fsp3) is 0.0196. The lowest BCUT2D eigenvalue weighted by Gasteiger charge is -2.25. The molecule has 254 valence electrons. The van der Waals surface area contributed by atoms with Crippen molar-refractivity contribution < 1.29 is 0 Å². The second kappa shape index (κ2) is 13.1. The van der Waals surface area contributed by atoms with Gasteiger partial charge in [-0.3, -0.25) is 9.98 Å². The monoisotopic (exact) mass is 689 g/mol. The fourth-order valence-corrected chi connectivity index (χ4v) is 8.44. The van der Waals surface area contributed by atoms with Gasteiger partial charge in [0.1, 0.15) is 0 Å². The molecule has 0 unspecified atom stereocenters. The zero-order valence-corrected chi connectivity index (χ0v) is 29.8. The first-order valence-electron chi connectivity index (χ1n) is 18.4. The summed E-state index contributed by atoms with van der Waals surface area (Å²) in [5.41, 5.74) is 16.8. The molecule has 0 radical (unpaired) electrons. The van der Waals surface area contributed by atoms with Crippen molar-refractivity contribution in [2.45, 2.75) is 0 Å². The molecule has 3 nitrogen and oxygen atoms in total. The highest BCUT2D eigenvalue weighted by Crippen LogP contribution is 2.58. The van der Waals surface area contributed by atoms with Gasteiger partial charge < -0.3 is 4.90 Å². The third-order valence-electron chi connectivity index (χ3n) is 10.7. The summed E-state index contributed by atoms with van der Waals surface area (Å²) in [5.74, 6) is 0. The predicted molar refractivity (Wildman–Crippen MR) is 228 cm³/mol. The summed E-state index contributed by atoms with van der Waals surface area (Å²) in [4.78, 5) is 10.9. The van der Waals surface area contributed by atoms with E-state index in [2.05, 4.69) is 185 Å². The SMILES string of the molecule is CN=Cc1ccc(N(c2ccc(-c3ccc4c5c(cccc35)-c3c-4c(-c4ccccc4)c4ccccc4c3-c3ccccc3)cc2)c2cccnc2)cc1. The van der Waals surface area contributed by atoms with Crippen LogP contribution < -0.4 is 4.90 Å². The second-order valence-corrected chi connectivity index (χ2v) is 13.7. The van der Waals surface area contributed by atoms with Crippen LogP contribution in [0.3, 0.4) is 0 Å². The maximum absolute atomic E-state index is 4.45. The molecule has 0 aliphatic heterocycles. The molecular weight excluding hydrogens is 655 g/mol. The van der Waals surface area contributed by atoms with Crippen LogP contribution in [0.2, 0.25) is 0 Å². The second-order valence-electron chi connectivity index (χ2n) is 13.7. The fourth-order valence-electron chi connectivity index (χ4n) is 8.44. The molecule has 0 amide bonds. The molecule has 3 heteroatoms. The van der Waals surface area contributed by atoms with Gasteiger partial charge in [-0.25, -0.2) is 0 Å². The van der Waals surface area contributed by atoms with Gasteiger partial charge in [-0.05, 0) is 119 Å². The van der Waals surface area contributed by atoms with E-state index in [1.807, 2.05) is 24.7 Å². The Bertz CT molecular complexity index is 2750. The van der Waals surface area contributed by atoms with E-state index in [1.165, 1.54) is 77.2 Å². The van der Waals surface area contributed by atoms with Crippen molar-refractivity contribution in [1.82, 2.24) is 4.98 Å². The number of hydrogen-bond donors (Lipinski definition) is 0. The first-order valence-corrected chi connectivity index (χ1v) is 18.4. The summed E-state index contributed by atoms with van der Waals surface area (Å²) in [6.45, 7) is 0. The van der Waals surface area contributed by atoms with Gasteiger partial charge in [-0.1, -0.05) is 140 Å². The number of nitrogens with zero attached hydrogens (tertiary/aromatic N) is 3. The number of rotatable bonds is 7. The highest BCUT2D eigenvalue weighted by Gasteiger charge is 2.31. The van der Waals surface area contributed by atoms with E-state index in [4.69, 9.17) is 0 Å². The number of anilines is 3. The molecule has 9 aromatic rings. The molecule has 0 N–H and O–H groups in total. The van der Waals surface area contributed by atoms with Crippen molar-refractivity contribution in [1.29, 1.82) is 0 Å². The normalized spacial score (nSPS) is 11.7. The van der Waals surface area contributed by atoms with Crippen LogP contribution in [0.4, 0.5) is 17.1 Å². The molecule has 0 atom stereocenters. The van der Waals surface area contributed by atoms with Gasteiger partial charge in [-0.15, -0.1) is 0 Å². The van der Waals surface area contributed by atoms with E-state index in [9.17, 15) is 0 Å². The molecule has 8 aromatic carbocycles. The van der Waals surface area contributed by atoms with Crippen molar-refractivity contribution in [2.24, 2.45) is 4.99 Å². The number of benzene rings is 8. The maximum Gasteiger partial charge on any atom is 0.0644 e. The van der Waals surface area contributed by atoms with Crippen LogP contribution in [0.15, 0.2) is 193 Å². The molecule has 10 rings (SSSR count). The summed E-state index contributed by atoms with van der Waals surface area (Å²) in [7, 11) is 1.80. The lowest BCUT2D eigenvalue weighted by Crippen LogP contribution is -2.10. The zero-order valence-electron chi connectivity index (χ0n) is 29.8. The van der Waals surface area contributed by atoms with Crippen molar-refractivity contribution in [3.63, 3.8) is 0 Å². The predicted octanol–water partition coefficient (Wildman–Crippen LogP) is 13.6. The van der Waals surface area contributed by atoms with E-state index in [1.54, 1.807) is 7.05 Å². The first-order chi connectivity index (χ1) is 26.8. The number of fused-ring (bicyclic) bond motifs is 4. The molecule has 0 fully saturated rings. The van der Waals surface area contributed by atoms with Gasteiger partial charge in [0, 0.05) is 30.8 Å². The minimum Gasteiger partial charge on any atom is -0.309 e. The third-order valence-corrected chi connectivity index (χ3v) is 10.7. The minimum absolute atomic E-state index is 1.00. The van der Waals surface area contributed by atoms with Crippen molar-refractivity contribution in [3.05, 3.63) is 194 Å². The van der Waals surface area contributed by atoms with Crippen molar-refractivity contribution in [3.8, 4) is 55.6 Å². The van der Waals surface area contributed by atoms with Crippen molar-refractivity contribution >= 4 is 44.8 Å². The van der Waals surface area contributed by atoms with Gasteiger partial charge >= 0.3 is 0 Å². The minimum atomic E-state index is 1.00. The van der Waals surface area contributed by atoms with Crippen LogP contribution in [-0.2, 0) is 0 Å². The van der Waals surface area contributed by atoms with Crippen LogP contribution in [0, 0.1) is 0 Å². The summed E-state index contributed by atoms with van der Waals surface area (Å²) >= 11 is 0. The smallest absolute Gasteiger partial charge is 0.0644 e. The Morgan fingerprint density at radius 3 is 1.57 bits per heavy atom. The number of hydrogen-bond acceptors (Lipinski definition) is 3. The van der Waals surface area contributed by atoms with Crippen LogP contribution >= 0.6 is 0 Å². The van der Waals surface area contributed by atoms with Gasteiger partial charge in [0.2, 0.25) is 0 Å². The quantitative estimate of drug-likeness (QED) is 0.156. The van der Waals surface area contributed by atoms with E-state index >= 15 is 0 Å². The average Bonchev–Trinajstić information content (AvgIpc) is 3.57. The third kappa shape index (κ3) is 5.13. The molecule has 0 spiro atoms. The molecule has 0 saturated heterocycles. The Kier molecular flexibility index (Phi) is 7.70. The molecule has 1 aliphatic carbocycles. The molecule has 1 heterocycles. The summed E-state index contributed by atoms with van der Waals surface area (Å²) in [5, 5.41) is 5.11. The number of pyridine rings is 1. The molecule has 1 aromatic heterocycles. The van der Waals surface area contributed by atoms with Crippen LogP contribution in [0.5, 0.6) is 0 Å². The van der Waals surface area contributed by atoms with Crippen LogP contribution in [0.25, 0.3) is 77.2 Å². The molecule has 0 bridgehead atoms. The van der Waals surface area contributed by atoms with Crippen LogP contribution in [-0.4, -0.2) is 18.2 Å². The van der Waals surface area contributed by atoms with E-state index in [0.29, 0.717) is 0 Å². The Hall–Kier alpha value is -7.10. The largest absolute Gasteiger partial charge is 0.309 e. The van der Waals surface area contributed by atoms with Gasteiger partial charge in [0.15, 0.2) is 0 Å². The lowest BCUT2D eigenvalue weighted by atomic mass is 9.82. The van der Waals surface area contributed by atoms with Crippen LogP contribution in [0.1, 0.15) is 5.56 Å². The van der Waals surface area contributed by atoms with Crippen molar-refractivity contribution in [2.75, 3.05) is 11.9 Å². The van der Waals surface area contributed by atoms with Gasteiger partial charge in [0.25, 0.3) is 0 Å². The highest BCUT2D eigenvalue weighted by atomic mass is 15.1. The summed E-state index contributed by atoms with van der Waals surface area (Å²) in [6, 6.07) is 63.8. The summed E-state index contributed by atoms with van der Waals surface area (Å²) in [6.07, 6.45) is 5.59. The van der Waals surface area contributed by atoms with Gasteiger partial charge in [-0.2, -0.15) is 0 Å². The zero-order chi connectivity index (χ0) is 36.0. The Balaban J connectivity index is 1.16. The topological polar surface area (TPSA) is 28.5 Å². The number of aromatic nitrogens is 1. The summed E-state index contributed by atoms with van der Waals surface area (Å²) < 4.78 is 0. The molecule has 0 saturated carbocycles. The Morgan fingerprint density at radius 1 is 0.426 bits per heavy atom. The molecule has 1 aliphatic rings. The highest BCUT2D eigenvalue weighted by molar-refractivity contribution is 6.28. The standard InChI is InChI=1S/C51H35N3/c1-52-32-34-21-25-38(26-22-34)54(40-16-11-31-53-33-40)39-27-23-35(24-28-39)41-29-30-46-49-42(41)19-10-20-45(49)50-47(36-12-4-2-5-13-36)43-17-8-9-18-44(43)48(51(46)50)37-14-6-3-7-15-37/h2-33H,1H3. The average molecular weight is 690 g/mol. The Morgan fingerprint density at radius 2 is 0.981 bits per heavy atom. The van der Waals surface area contributed by atoms with Gasteiger partial charge in [0.05, 0.1) is 11.9 Å². The maximum atomic E-state index is 4.45. The first kappa shape index (κ1) is 31.6. The lowest BCUT2D eigenvalue weighted by molar-refractivity contribution is 1.23.